The van der Waals surface area contributed by atoms with E-state index < -0.39 is 12.1 Å². The van der Waals surface area contributed by atoms with E-state index in [2.05, 4.69) is 0 Å². The van der Waals surface area contributed by atoms with Gasteiger partial charge in [-0.25, -0.2) is 4.79 Å². The van der Waals surface area contributed by atoms with Gasteiger partial charge in [0.05, 0.1) is 0 Å². The maximum Gasteiger partial charge on any atom is 0.349 e. The van der Waals surface area contributed by atoms with Crippen LogP contribution in [-0.2, 0) is 9.53 Å². The first-order chi connectivity index (χ1) is 12.0. The quantitative estimate of drug-likeness (QED) is 0.358. The van der Waals surface area contributed by atoms with E-state index in [-0.39, 0.29) is 17.1 Å². The summed E-state index contributed by atoms with van der Waals surface area (Å²) in [5.41, 5.74) is 1.11. The Bertz CT molecular complexity index is 806. The number of ether oxygens (including phenoxy) is 1. The molecule has 5 heteroatoms. The van der Waals surface area contributed by atoms with Crippen molar-refractivity contribution in [1.82, 2.24) is 0 Å². The summed E-state index contributed by atoms with van der Waals surface area (Å²) in [6, 6.07) is 15.2. The molecule has 0 amide bonds. The van der Waals surface area contributed by atoms with Gasteiger partial charge in [0.25, 0.3) is 0 Å². The third kappa shape index (κ3) is 4.85. The second-order valence-electron chi connectivity index (χ2n) is 5.51. The third-order valence-corrected chi connectivity index (χ3v) is 3.62. The van der Waals surface area contributed by atoms with Gasteiger partial charge in [-0.05, 0) is 35.8 Å². The SMILES string of the molecule is CCC[C@H](OC(=O)/C(C#N)=C/c1ccc(O)c(O)c1)c1ccccc1. The molecule has 0 aliphatic heterocycles. The molecule has 2 N–H and O–H groups in total. The maximum atomic E-state index is 12.4. The van der Waals surface area contributed by atoms with Gasteiger partial charge in [0, 0.05) is 0 Å². The zero-order valence-electron chi connectivity index (χ0n) is 13.8. The summed E-state index contributed by atoms with van der Waals surface area (Å²) >= 11 is 0. The minimum Gasteiger partial charge on any atom is -0.504 e. The average molecular weight is 337 g/mol. The van der Waals surface area contributed by atoms with Gasteiger partial charge in [0.15, 0.2) is 11.5 Å². The summed E-state index contributed by atoms with van der Waals surface area (Å²) in [6.45, 7) is 1.99. The number of carbonyl (C=O) groups excluding carboxylic acids is 1. The molecule has 0 fully saturated rings. The van der Waals surface area contributed by atoms with E-state index in [1.54, 1.807) is 0 Å². The highest BCUT2D eigenvalue weighted by Gasteiger charge is 2.19. The molecule has 2 aromatic carbocycles. The molecular weight excluding hydrogens is 318 g/mol. The predicted octanol–water partition coefficient (Wildman–Crippen LogP) is 4.09. The zero-order valence-corrected chi connectivity index (χ0v) is 13.8. The number of phenolic OH excluding ortho intramolecular Hbond substituents is 2. The van der Waals surface area contributed by atoms with Gasteiger partial charge >= 0.3 is 5.97 Å². The van der Waals surface area contributed by atoms with E-state index in [0.717, 1.165) is 12.0 Å². The molecule has 0 aliphatic rings. The van der Waals surface area contributed by atoms with Gasteiger partial charge in [0.1, 0.15) is 17.7 Å². The Morgan fingerprint density at radius 3 is 2.52 bits per heavy atom. The van der Waals surface area contributed by atoms with E-state index >= 15 is 0 Å². The van der Waals surface area contributed by atoms with Crippen LogP contribution in [0, 0.1) is 11.3 Å². The van der Waals surface area contributed by atoms with E-state index in [4.69, 9.17) is 4.74 Å². The molecule has 25 heavy (non-hydrogen) atoms. The van der Waals surface area contributed by atoms with Gasteiger partial charge in [0.2, 0.25) is 0 Å². The summed E-state index contributed by atoms with van der Waals surface area (Å²) in [5.74, 6) is -1.32. The van der Waals surface area contributed by atoms with Crippen LogP contribution in [0.4, 0.5) is 0 Å². The van der Waals surface area contributed by atoms with Crippen LogP contribution >= 0.6 is 0 Å². The Morgan fingerprint density at radius 2 is 1.92 bits per heavy atom. The summed E-state index contributed by atoms with van der Waals surface area (Å²) < 4.78 is 5.51. The Kier molecular flexibility index (Phi) is 6.19. The fourth-order valence-electron chi connectivity index (χ4n) is 2.35. The molecule has 0 aliphatic carbocycles. The van der Waals surface area contributed by atoms with Crippen LogP contribution < -0.4 is 0 Å². The third-order valence-electron chi connectivity index (χ3n) is 3.62. The number of aromatic hydroxyl groups is 2. The minimum atomic E-state index is -0.725. The predicted molar refractivity (Wildman–Crippen MR) is 93.5 cm³/mol. The number of hydrogen-bond acceptors (Lipinski definition) is 5. The largest absolute Gasteiger partial charge is 0.504 e. The average Bonchev–Trinajstić information content (AvgIpc) is 2.62. The number of esters is 1. The number of carbonyl (C=O) groups is 1. The van der Waals surface area contributed by atoms with E-state index in [1.807, 2.05) is 43.3 Å². The lowest BCUT2D eigenvalue weighted by Gasteiger charge is -2.17. The molecule has 2 aromatic rings. The second kappa shape index (κ2) is 8.55. The van der Waals surface area contributed by atoms with Crippen molar-refractivity contribution in [1.29, 1.82) is 5.26 Å². The van der Waals surface area contributed by atoms with Crippen LogP contribution in [0.3, 0.4) is 0 Å². The van der Waals surface area contributed by atoms with Gasteiger partial charge < -0.3 is 14.9 Å². The van der Waals surface area contributed by atoms with Crippen molar-refractivity contribution in [2.75, 3.05) is 0 Å². The van der Waals surface area contributed by atoms with Crippen LogP contribution in [0.5, 0.6) is 11.5 Å². The minimum absolute atomic E-state index is 0.179. The van der Waals surface area contributed by atoms with Gasteiger partial charge in [-0.15, -0.1) is 0 Å². The Balaban J connectivity index is 2.22. The van der Waals surface area contributed by atoms with Crippen molar-refractivity contribution in [3.05, 3.63) is 65.2 Å². The second-order valence-corrected chi connectivity index (χ2v) is 5.51. The zero-order chi connectivity index (χ0) is 18.2. The maximum absolute atomic E-state index is 12.4. The Labute approximate surface area is 146 Å². The number of benzene rings is 2. The molecule has 2 rings (SSSR count). The van der Waals surface area contributed by atoms with Crippen LogP contribution in [-0.4, -0.2) is 16.2 Å². The van der Waals surface area contributed by atoms with Gasteiger partial charge in [-0.2, -0.15) is 5.26 Å². The molecular formula is C20H19NO4. The molecule has 0 spiro atoms. The Morgan fingerprint density at radius 1 is 1.20 bits per heavy atom. The van der Waals surface area contributed by atoms with Gasteiger partial charge in [-0.3, -0.25) is 0 Å². The van der Waals surface area contributed by atoms with Crippen LogP contribution in [0.15, 0.2) is 54.1 Å². The molecule has 5 nitrogen and oxygen atoms in total. The summed E-state index contributed by atoms with van der Waals surface area (Å²) in [7, 11) is 0. The summed E-state index contributed by atoms with van der Waals surface area (Å²) in [5, 5.41) is 28.1. The van der Waals surface area contributed by atoms with Crippen molar-refractivity contribution in [2.24, 2.45) is 0 Å². The highest BCUT2D eigenvalue weighted by Crippen LogP contribution is 2.27. The smallest absolute Gasteiger partial charge is 0.349 e. The molecule has 0 saturated carbocycles. The molecule has 0 heterocycles. The monoisotopic (exact) mass is 337 g/mol. The van der Waals surface area contributed by atoms with Crippen molar-refractivity contribution < 1.29 is 19.7 Å². The number of phenols is 2. The molecule has 0 unspecified atom stereocenters. The van der Waals surface area contributed by atoms with E-state index in [1.165, 1.54) is 24.3 Å². The molecule has 0 saturated heterocycles. The molecule has 128 valence electrons. The first-order valence-electron chi connectivity index (χ1n) is 7.94. The summed E-state index contributed by atoms with van der Waals surface area (Å²) in [4.78, 5) is 12.4. The number of hydrogen-bond donors (Lipinski definition) is 2. The van der Waals surface area contributed by atoms with Crippen molar-refractivity contribution >= 4 is 12.0 Å². The van der Waals surface area contributed by atoms with Crippen molar-refractivity contribution in [2.45, 2.75) is 25.9 Å². The number of nitrogens with zero attached hydrogens (tertiary/aromatic N) is 1. The lowest BCUT2D eigenvalue weighted by atomic mass is 10.0. The molecule has 0 aromatic heterocycles. The highest BCUT2D eigenvalue weighted by molar-refractivity contribution is 5.98. The first kappa shape index (κ1) is 18.1. The molecule has 1 atom stereocenters. The number of rotatable bonds is 6. The fourth-order valence-corrected chi connectivity index (χ4v) is 2.35. The lowest BCUT2D eigenvalue weighted by Crippen LogP contribution is -2.13. The standard InChI is InChI=1S/C20H19NO4/c1-2-6-19(15-7-4-3-5-8-15)25-20(24)16(13-21)11-14-9-10-17(22)18(23)12-14/h3-5,7-12,19,22-23H,2,6H2,1H3/b16-11+/t19-/m0/s1. The first-order valence-corrected chi connectivity index (χ1v) is 7.94. The van der Waals surface area contributed by atoms with Crippen molar-refractivity contribution in [3.8, 4) is 17.6 Å². The van der Waals surface area contributed by atoms with Crippen LogP contribution in [0.2, 0.25) is 0 Å². The Hall–Kier alpha value is -3.26. The van der Waals surface area contributed by atoms with Crippen LogP contribution in [0.25, 0.3) is 6.08 Å². The van der Waals surface area contributed by atoms with Gasteiger partial charge in [-0.1, -0.05) is 49.7 Å². The number of nitriles is 1. The van der Waals surface area contributed by atoms with Crippen molar-refractivity contribution in [3.63, 3.8) is 0 Å². The molecule has 0 bridgehead atoms. The molecule has 0 radical (unpaired) electrons. The normalized spacial score (nSPS) is 12.2. The van der Waals surface area contributed by atoms with E-state index in [9.17, 15) is 20.3 Å². The van der Waals surface area contributed by atoms with Crippen LogP contribution in [0.1, 0.15) is 37.0 Å². The van der Waals surface area contributed by atoms with E-state index in [0.29, 0.717) is 12.0 Å². The highest BCUT2D eigenvalue weighted by atomic mass is 16.5. The topological polar surface area (TPSA) is 90.6 Å². The summed E-state index contributed by atoms with van der Waals surface area (Å²) in [6.07, 6.45) is 2.36. The lowest BCUT2D eigenvalue weighted by molar-refractivity contribution is -0.144. The fraction of sp³-hybridized carbons (Fsp3) is 0.200.